The molecule has 11 heteroatoms. The van der Waals surface area contributed by atoms with Crippen LogP contribution in [0.25, 0.3) is 0 Å². The molecule has 1 saturated carbocycles. The van der Waals surface area contributed by atoms with E-state index in [-0.39, 0.29) is 22.5 Å². The lowest BCUT2D eigenvalue weighted by Crippen LogP contribution is -2.48. The van der Waals surface area contributed by atoms with Crippen LogP contribution in [-0.2, 0) is 14.8 Å². The summed E-state index contributed by atoms with van der Waals surface area (Å²) in [7, 11) is -3.65. The van der Waals surface area contributed by atoms with E-state index in [2.05, 4.69) is 10.6 Å². The third-order valence-electron chi connectivity index (χ3n) is 5.53. The van der Waals surface area contributed by atoms with Crippen LogP contribution in [0.15, 0.2) is 47.4 Å². The molecule has 0 spiro atoms. The molecule has 1 aliphatic carbocycles. The van der Waals surface area contributed by atoms with Crippen LogP contribution in [-0.4, -0.2) is 55.8 Å². The predicted molar refractivity (Wildman–Crippen MR) is 121 cm³/mol. The summed E-state index contributed by atoms with van der Waals surface area (Å²) in [6, 6.07) is 11.4. The van der Waals surface area contributed by atoms with Crippen molar-refractivity contribution in [3.8, 4) is 0 Å². The Morgan fingerprint density at radius 3 is 2.28 bits per heavy atom. The first-order valence-corrected chi connectivity index (χ1v) is 11.9. The first-order chi connectivity index (χ1) is 15.2. The number of carbonyl (C=O) groups is 1. The minimum absolute atomic E-state index is 0.0459. The van der Waals surface area contributed by atoms with Crippen LogP contribution in [0.1, 0.15) is 19.8 Å². The molecule has 1 amide bonds. The maximum atomic E-state index is 13.0. The average Bonchev–Trinajstić information content (AvgIpc) is 3.57. The van der Waals surface area contributed by atoms with Crippen LogP contribution in [0.2, 0.25) is 0 Å². The van der Waals surface area contributed by atoms with Gasteiger partial charge in [-0.05, 0) is 49.2 Å². The van der Waals surface area contributed by atoms with Crippen molar-refractivity contribution in [1.82, 2.24) is 4.31 Å². The predicted octanol–water partition coefficient (Wildman–Crippen LogP) is 2.64. The Hall–Kier alpha value is -3.18. The zero-order valence-electron chi connectivity index (χ0n) is 17.7. The second kappa shape index (κ2) is 8.75. The summed E-state index contributed by atoms with van der Waals surface area (Å²) in [5, 5.41) is 17.2. The number of nitrogens with zero attached hydrogens (tertiary/aromatic N) is 3. The molecule has 0 bridgehead atoms. The Bertz CT molecular complexity index is 1120. The van der Waals surface area contributed by atoms with Crippen LogP contribution in [0, 0.1) is 10.1 Å². The van der Waals surface area contributed by atoms with Crippen LogP contribution >= 0.6 is 0 Å². The second-order valence-corrected chi connectivity index (χ2v) is 9.91. The van der Waals surface area contributed by atoms with Crippen molar-refractivity contribution < 1.29 is 18.1 Å². The van der Waals surface area contributed by atoms with Gasteiger partial charge in [0.2, 0.25) is 15.9 Å². The highest BCUT2D eigenvalue weighted by atomic mass is 32.2. The van der Waals surface area contributed by atoms with Crippen LogP contribution in [0.4, 0.5) is 22.7 Å². The molecule has 2 fully saturated rings. The fraction of sp³-hybridized carbons (Fsp3) is 0.381. The van der Waals surface area contributed by atoms with Gasteiger partial charge in [-0.25, -0.2) is 8.42 Å². The van der Waals surface area contributed by atoms with E-state index in [1.165, 1.54) is 29.4 Å². The van der Waals surface area contributed by atoms with Gasteiger partial charge in [0.25, 0.3) is 5.69 Å². The zero-order valence-corrected chi connectivity index (χ0v) is 18.5. The highest BCUT2D eigenvalue weighted by Crippen LogP contribution is 2.34. The smallest absolute Gasteiger partial charge is 0.292 e. The molecule has 0 atom stereocenters. The lowest BCUT2D eigenvalue weighted by atomic mass is 10.2. The molecule has 2 aliphatic rings. The molecule has 10 nitrogen and oxygen atoms in total. The number of piperazine rings is 1. The van der Waals surface area contributed by atoms with Crippen LogP contribution < -0.4 is 15.5 Å². The number of nitro benzene ring substituents is 1. The van der Waals surface area contributed by atoms with Crippen molar-refractivity contribution in [3.63, 3.8) is 0 Å². The van der Waals surface area contributed by atoms with Gasteiger partial charge in [-0.3, -0.25) is 14.9 Å². The Morgan fingerprint density at radius 1 is 1.06 bits per heavy atom. The number of amides is 1. The molecule has 32 heavy (non-hydrogen) atoms. The number of anilines is 3. The van der Waals surface area contributed by atoms with Crippen molar-refractivity contribution in [2.24, 2.45) is 0 Å². The van der Waals surface area contributed by atoms with Crippen molar-refractivity contribution in [2.75, 3.05) is 41.7 Å². The molecule has 0 aromatic heterocycles. The van der Waals surface area contributed by atoms with Gasteiger partial charge in [0.15, 0.2) is 0 Å². The molecule has 170 valence electrons. The Balaban J connectivity index is 1.44. The maximum Gasteiger partial charge on any atom is 0.292 e. The number of nitrogens with one attached hydrogen (secondary N) is 2. The van der Waals surface area contributed by atoms with Gasteiger partial charge in [-0.1, -0.05) is 0 Å². The van der Waals surface area contributed by atoms with Crippen molar-refractivity contribution in [2.45, 2.75) is 30.7 Å². The summed E-state index contributed by atoms with van der Waals surface area (Å²) in [4.78, 5) is 24.3. The van der Waals surface area contributed by atoms with E-state index >= 15 is 0 Å². The quantitative estimate of drug-likeness (QED) is 0.482. The first kappa shape index (κ1) is 22.0. The van der Waals surface area contributed by atoms with E-state index in [1.807, 2.05) is 4.90 Å². The number of hydrogen-bond acceptors (Lipinski definition) is 7. The van der Waals surface area contributed by atoms with E-state index in [0.717, 1.165) is 18.5 Å². The van der Waals surface area contributed by atoms with Crippen molar-refractivity contribution >= 4 is 38.7 Å². The van der Waals surface area contributed by atoms with Gasteiger partial charge in [0.05, 0.1) is 9.82 Å². The van der Waals surface area contributed by atoms with Crippen LogP contribution in [0.3, 0.4) is 0 Å². The average molecular weight is 460 g/mol. The molecule has 2 N–H and O–H groups in total. The number of hydrogen-bond donors (Lipinski definition) is 2. The van der Waals surface area contributed by atoms with Gasteiger partial charge in [0, 0.05) is 56.6 Å². The molecular formula is C21H25N5O5S. The number of benzene rings is 2. The maximum absolute atomic E-state index is 13.0. The highest BCUT2D eigenvalue weighted by molar-refractivity contribution is 7.89. The summed E-state index contributed by atoms with van der Waals surface area (Å²) in [6.07, 6.45) is 2.01. The SMILES string of the molecule is CC(=O)Nc1ccc(S(=O)(=O)N2CCN(c3ccc([N+](=O)[O-])c(NC4CC4)c3)CC2)cc1. The number of rotatable bonds is 7. The summed E-state index contributed by atoms with van der Waals surface area (Å²) >= 11 is 0. The topological polar surface area (TPSA) is 125 Å². The highest BCUT2D eigenvalue weighted by Gasteiger charge is 2.30. The molecule has 2 aromatic rings. The van der Waals surface area contributed by atoms with Gasteiger partial charge in [-0.15, -0.1) is 0 Å². The molecule has 0 unspecified atom stereocenters. The molecule has 4 rings (SSSR count). The largest absolute Gasteiger partial charge is 0.377 e. The fourth-order valence-electron chi connectivity index (χ4n) is 3.69. The van der Waals surface area contributed by atoms with E-state index in [9.17, 15) is 23.3 Å². The van der Waals surface area contributed by atoms with Gasteiger partial charge in [-0.2, -0.15) is 4.31 Å². The Labute approximate surface area is 186 Å². The number of nitro groups is 1. The molecule has 1 heterocycles. The number of carbonyl (C=O) groups excluding carboxylic acids is 1. The third-order valence-corrected chi connectivity index (χ3v) is 7.44. The second-order valence-electron chi connectivity index (χ2n) is 7.97. The molecule has 0 radical (unpaired) electrons. The van der Waals surface area contributed by atoms with Gasteiger partial charge < -0.3 is 15.5 Å². The lowest BCUT2D eigenvalue weighted by Gasteiger charge is -2.35. The summed E-state index contributed by atoms with van der Waals surface area (Å²) in [5.41, 5.74) is 1.92. The normalized spacial score (nSPS) is 17.1. The van der Waals surface area contributed by atoms with E-state index in [0.29, 0.717) is 37.6 Å². The minimum Gasteiger partial charge on any atom is -0.377 e. The Kier molecular flexibility index (Phi) is 6.02. The third kappa shape index (κ3) is 4.83. The summed E-state index contributed by atoms with van der Waals surface area (Å²) < 4.78 is 27.4. The van der Waals surface area contributed by atoms with E-state index in [1.54, 1.807) is 24.3 Å². The van der Waals surface area contributed by atoms with E-state index in [4.69, 9.17) is 0 Å². The fourth-order valence-corrected chi connectivity index (χ4v) is 5.11. The zero-order chi connectivity index (χ0) is 22.9. The van der Waals surface area contributed by atoms with Gasteiger partial charge in [0.1, 0.15) is 5.69 Å². The monoisotopic (exact) mass is 459 g/mol. The van der Waals surface area contributed by atoms with Gasteiger partial charge >= 0.3 is 0 Å². The molecule has 2 aromatic carbocycles. The molecule has 1 aliphatic heterocycles. The van der Waals surface area contributed by atoms with Crippen molar-refractivity contribution in [1.29, 1.82) is 0 Å². The minimum atomic E-state index is -3.65. The standard InChI is InChI=1S/C21H25N5O5S/c1-15(27)22-16-4-7-19(8-5-16)32(30,31)25-12-10-24(11-13-25)18-6-9-21(26(28)29)20(14-18)23-17-2-3-17/h4-9,14,17,23H,2-3,10-13H2,1H3,(H,22,27). The van der Waals surface area contributed by atoms with Crippen molar-refractivity contribution in [3.05, 3.63) is 52.6 Å². The number of sulfonamides is 1. The molecular weight excluding hydrogens is 434 g/mol. The Morgan fingerprint density at radius 2 is 1.72 bits per heavy atom. The molecule has 1 saturated heterocycles. The lowest BCUT2D eigenvalue weighted by molar-refractivity contribution is -0.384. The first-order valence-electron chi connectivity index (χ1n) is 10.4. The summed E-state index contributed by atoms with van der Waals surface area (Å²) in [6.45, 7) is 2.95. The summed E-state index contributed by atoms with van der Waals surface area (Å²) in [5.74, 6) is -0.224. The van der Waals surface area contributed by atoms with E-state index < -0.39 is 14.9 Å². The van der Waals surface area contributed by atoms with Crippen LogP contribution in [0.5, 0.6) is 0 Å².